The van der Waals surface area contributed by atoms with E-state index in [0.717, 1.165) is 36.2 Å². The van der Waals surface area contributed by atoms with Crippen LogP contribution in [0.25, 0.3) is 0 Å². The van der Waals surface area contributed by atoms with Crippen molar-refractivity contribution in [2.24, 2.45) is 0 Å². The third kappa shape index (κ3) is 4.63. The second kappa shape index (κ2) is 8.38. The van der Waals surface area contributed by atoms with Crippen LogP contribution in [0.1, 0.15) is 5.56 Å². The number of hydrogen-bond acceptors (Lipinski definition) is 4. The molecule has 0 aromatic heterocycles. The summed E-state index contributed by atoms with van der Waals surface area (Å²) in [5.41, 5.74) is 1.26. The predicted molar refractivity (Wildman–Crippen MR) is 95.0 cm³/mol. The molecule has 0 aliphatic carbocycles. The van der Waals surface area contributed by atoms with Gasteiger partial charge in [-0.15, -0.1) is 0 Å². The van der Waals surface area contributed by atoms with Gasteiger partial charge >= 0.3 is 0 Å². The highest BCUT2D eigenvalue weighted by Crippen LogP contribution is 2.26. The van der Waals surface area contributed by atoms with E-state index < -0.39 is 0 Å². The lowest BCUT2D eigenvalue weighted by Crippen LogP contribution is -2.44. The molecule has 24 heavy (non-hydrogen) atoms. The molecule has 3 rings (SSSR count). The van der Waals surface area contributed by atoms with Crippen molar-refractivity contribution in [3.8, 4) is 11.5 Å². The van der Waals surface area contributed by atoms with Gasteiger partial charge in [-0.2, -0.15) is 0 Å². The Hall–Kier alpha value is -1.75. The Labute approximate surface area is 147 Å². The maximum Gasteiger partial charge on any atom is 0.161 e. The van der Waals surface area contributed by atoms with E-state index in [2.05, 4.69) is 17.0 Å². The minimum absolute atomic E-state index is 0.0518. The molecule has 1 saturated heterocycles. The van der Waals surface area contributed by atoms with E-state index >= 15 is 0 Å². The molecule has 0 radical (unpaired) electrons. The standard InChI is InChI=1S/C19H22ClNO3/c1-22-18-4-2-3-5-19(18)24-14-17-13-21(10-11-23-17)12-15-6-8-16(20)9-7-15/h2-9,17H,10-14H2,1H3. The first kappa shape index (κ1) is 17.1. The van der Waals surface area contributed by atoms with Gasteiger partial charge in [0.1, 0.15) is 12.7 Å². The lowest BCUT2D eigenvalue weighted by molar-refractivity contribution is -0.0506. The largest absolute Gasteiger partial charge is 0.493 e. The van der Waals surface area contributed by atoms with E-state index in [9.17, 15) is 0 Å². The van der Waals surface area contributed by atoms with E-state index in [1.807, 2.05) is 36.4 Å². The molecule has 1 atom stereocenters. The Morgan fingerprint density at radius 1 is 1.12 bits per heavy atom. The highest BCUT2D eigenvalue weighted by atomic mass is 35.5. The molecule has 0 spiro atoms. The van der Waals surface area contributed by atoms with Gasteiger partial charge in [-0.1, -0.05) is 35.9 Å². The van der Waals surface area contributed by atoms with E-state index in [0.29, 0.717) is 13.2 Å². The molecule has 1 heterocycles. The van der Waals surface area contributed by atoms with Gasteiger partial charge in [-0.05, 0) is 29.8 Å². The van der Waals surface area contributed by atoms with Crippen LogP contribution < -0.4 is 9.47 Å². The van der Waals surface area contributed by atoms with Gasteiger partial charge in [0.15, 0.2) is 11.5 Å². The van der Waals surface area contributed by atoms with Crippen LogP contribution in [0.5, 0.6) is 11.5 Å². The Morgan fingerprint density at radius 2 is 1.88 bits per heavy atom. The molecular formula is C19H22ClNO3. The topological polar surface area (TPSA) is 30.9 Å². The summed E-state index contributed by atoms with van der Waals surface area (Å²) >= 11 is 5.94. The molecule has 0 bridgehead atoms. The van der Waals surface area contributed by atoms with Crippen LogP contribution in [0.2, 0.25) is 5.02 Å². The van der Waals surface area contributed by atoms with Crippen LogP contribution in [-0.2, 0) is 11.3 Å². The highest BCUT2D eigenvalue weighted by Gasteiger charge is 2.21. The fourth-order valence-electron chi connectivity index (χ4n) is 2.79. The number of rotatable bonds is 6. The van der Waals surface area contributed by atoms with Crippen LogP contribution in [0.4, 0.5) is 0 Å². The molecule has 4 nitrogen and oxygen atoms in total. The van der Waals surface area contributed by atoms with Crippen LogP contribution in [-0.4, -0.2) is 44.4 Å². The summed E-state index contributed by atoms with van der Waals surface area (Å²) in [5.74, 6) is 1.49. The Kier molecular flexibility index (Phi) is 5.96. The van der Waals surface area contributed by atoms with Gasteiger partial charge in [0.05, 0.1) is 13.7 Å². The summed E-state index contributed by atoms with van der Waals surface area (Å²) in [4.78, 5) is 2.38. The maximum atomic E-state index is 5.94. The van der Waals surface area contributed by atoms with Gasteiger partial charge < -0.3 is 14.2 Å². The zero-order valence-corrected chi connectivity index (χ0v) is 14.5. The van der Waals surface area contributed by atoms with Gasteiger partial charge in [-0.3, -0.25) is 4.90 Å². The van der Waals surface area contributed by atoms with E-state index in [1.165, 1.54) is 5.56 Å². The average Bonchev–Trinajstić information content (AvgIpc) is 2.62. The molecule has 0 amide bonds. The highest BCUT2D eigenvalue weighted by molar-refractivity contribution is 6.30. The molecular weight excluding hydrogens is 326 g/mol. The summed E-state index contributed by atoms with van der Waals surface area (Å²) < 4.78 is 17.0. The van der Waals surface area contributed by atoms with Crippen molar-refractivity contribution >= 4 is 11.6 Å². The second-order valence-corrected chi connectivity index (χ2v) is 6.25. The zero-order valence-electron chi connectivity index (χ0n) is 13.8. The van der Waals surface area contributed by atoms with E-state index in [-0.39, 0.29) is 6.10 Å². The Balaban J connectivity index is 1.52. The smallest absolute Gasteiger partial charge is 0.161 e. The maximum absolute atomic E-state index is 5.94. The van der Waals surface area contributed by atoms with E-state index in [1.54, 1.807) is 7.11 Å². The van der Waals surface area contributed by atoms with Gasteiger partial charge in [0.25, 0.3) is 0 Å². The molecule has 5 heteroatoms. The molecule has 0 saturated carbocycles. The third-order valence-electron chi connectivity index (χ3n) is 4.04. The van der Waals surface area contributed by atoms with Crippen molar-refractivity contribution in [3.63, 3.8) is 0 Å². The summed E-state index contributed by atoms with van der Waals surface area (Å²) in [6.07, 6.45) is 0.0518. The number of nitrogens with zero attached hydrogens (tertiary/aromatic N) is 1. The number of methoxy groups -OCH3 is 1. The number of hydrogen-bond donors (Lipinski definition) is 0. The predicted octanol–water partition coefficient (Wildman–Crippen LogP) is 3.63. The molecule has 128 valence electrons. The first-order valence-corrected chi connectivity index (χ1v) is 8.46. The van der Waals surface area contributed by atoms with Crippen molar-refractivity contribution in [2.45, 2.75) is 12.6 Å². The minimum Gasteiger partial charge on any atom is -0.493 e. The lowest BCUT2D eigenvalue weighted by Gasteiger charge is -2.32. The average molecular weight is 348 g/mol. The van der Waals surface area contributed by atoms with Gasteiger partial charge in [0.2, 0.25) is 0 Å². The number of morpholine rings is 1. The quantitative estimate of drug-likeness (QED) is 0.798. The fraction of sp³-hybridized carbons (Fsp3) is 0.368. The van der Waals surface area contributed by atoms with Crippen LogP contribution >= 0.6 is 11.6 Å². The number of benzene rings is 2. The van der Waals surface area contributed by atoms with Crippen molar-refractivity contribution in [1.29, 1.82) is 0 Å². The monoisotopic (exact) mass is 347 g/mol. The van der Waals surface area contributed by atoms with Crippen molar-refractivity contribution in [1.82, 2.24) is 4.90 Å². The molecule has 1 aliphatic heterocycles. The summed E-state index contributed by atoms with van der Waals surface area (Å²) in [7, 11) is 1.65. The minimum atomic E-state index is 0.0518. The molecule has 0 N–H and O–H groups in total. The number of ether oxygens (including phenoxy) is 3. The van der Waals surface area contributed by atoms with Gasteiger partial charge in [0, 0.05) is 24.7 Å². The van der Waals surface area contributed by atoms with Gasteiger partial charge in [-0.25, -0.2) is 0 Å². The van der Waals surface area contributed by atoms with Crippen LogP contribution in [0.3, 0.4) is 0 Å². The molecule has 1 unspecified atom stereocenters. The molecule has 1 aliphatic rings. The Morgan fingerprint density at radius 3 is 2.62 bits per heavy atom. The first-order chi connectivity index (χ1) is 11.7. The summed E-state index contributed by atoms with van der Waals surface area (Å²) in [5, 5.41) is 0.767. The SMILES string of the molecule is COc1ccccc1OCC1CN(Cc2ccc(Cl)cc2)CCO1. The van der Waals surface area contributed by atoms with Crippen molar-refractivity contribution in [2.75, 3.05) is 33.4 Å². The summed E-state index contributed by atoms with van der Waals surface area (Å²) in [6, 6.07) is 15.7. The molecule has 2 aromatic rings. The second-order valence-electron chi connectivity index (χ2n) is 5.82. The molecule has 1 fully saturated rings. The Bertz CT molecular complexity index is 647. The van der Waals surface area contributed by atoms with Crippen molar-refractivity contribution < 1.29 is 14.2 Å². The lowest BCUT2D eigenvalue weighted by atomic mass is 10.2. The zero-order chi connectivity index (χ0) is 16.8. The van der Waals surface area contributed by atoms with Crippen LogP contribution in [0, 0.1) is 0 Å². The van der Waals surface area contributed by atoms with Crippen molar-refractivity contribution in [3.05, 3.63) is 59.1 Å². The molecule has 2 aromatic carbocycles. The van der Waals surface area contributed by atoms with E-state index in [4.69, 9.17) is 25.8 Å². The normalized spacial score (nSPS) is 18.3. The number of para-hydroxylation sites is 2. The third-order valence-corrected chi connectivity index (χ3v) is 4.29. The fourth-order valence-corrected chi connectivity index (χ4v) is 2.92. The number of halogens is 1. The van der Waals surface area contributed by atoms with Crippen LogP contribution in [0.15, 0.2) is 48.5 Å². The summed E-state index contributed by atoms with van der Waals surface area (Å²) in [6.45, 7) is 3.89. The first-order valence-electron chi connectivity index (χ1n) is 8.09.